The number of hydrogen-bond donors (Lipinski definition) is 1. The fourth-order valence-electron chi connectivity index (χ4n) is 4.81. The molecule has 1 N–H and O–H groups in total. The summed E-state index contributed by atoms with van der Waals surface area (Å²) in [7, 11) is 0. The smallest absolute Gasteiger partial charge is 0.407 e. The number of piperidine rings is 2. The van der Waals surface area contributed by atoms with E-state index >= 15 is 0 Å². The maximum Gasteiger partial charge on any atom is 0.407 e. The van der Waals surface area contributed by atoms with Crippen molar-refractivity contribution in [3.8, 4) is 0 Å². The van der Waals surface area contributed by atoms with Crippen LogP contribution in [0.25, 0.3) is 0 Å². The van der Waals surface area contributed by atoms with Crippen molar-refractivity contribution in [1.29, 1.82) is 0 Å². The minimum absolute atomic E-state index is 0.0690. The summed E-state index contributed by atoms with van der Waals surface area (Å²) in [6.45, 7) is 11.8. The van der Waals surface area contributed by atoms with Gasteiger partial charge in [-0.15, -0.1) is 0 Å². The summed E-state index contributed by atoms with van der Waals surface area (Å²) in [5.41, 5.74) is 0.925. The Morgan fingerprint density at radius 3 is 2.19 bits per heavy atom. The second-order valence-corrected chi connectivity index (χ2v) is 10.5. The fraction of sp³-hybridized carbons (Fsp3) is 0.692. The molecule has 2 amide bonds. The summed E-state index contributed by atoms with van der Waals surface area (Å²) in [6.07, 6.45) is 4.93. The molecular formula is C26H41N3O3. The number of carbonyl (C=O) groups excluding carboxylic acids is 2. The molecule has 6 heteroatoms. The topological polar surface area (TPSA) is 61.9 Å². The zero-order valence-electron chi connectivity index (χ0n) is 20.3. The standard InChI is InChI=1S/C26H41N3O3/c1-20(28-14-12-23(13-15-28)19-27-25(31)32-26(2,3)4)24(30)29-16-10-22(11-17-29)18-21-8-6-5-7-9-21/h5-9,20,22-23H,10-19H2,1-4H3,(H,27,31). The van der Waals surface area contributed by atoms with Crippen LogP contribution in [0.2, 0.25) is 0 Å². The molecule has 2 heterocycles. The van der Waals surface area contributed by atoms with Crippen LogP contribution in [-0.4, -0.2) is 66.2 Å². The lowest BCUT2D eigenvalue weighted by atomic mass is 9.90. The Morgan fingerprint density at radius 1 is 1.00 bits per heavy atom. The van der Waals surface area contributed by atoms with Crippen LogP contribution in [0.5, 0.6) is 0 Å². The Hall–Kier alpha value is -2.08. The summed E-state index contributed by atoms with van der Waals surface area (Å²) < 4.78 is 5.32. The first-order valence-corrected chi connectivity index (χ1v) is 12.2. The van der Waals surface area contributed by atoms with Gasteiger partial charge in [0.05, 0.1) is 6.04 Å². The highest BCUT2D eigenvalue weighted by Gasteiger charge is 2.31. The molecule has 1 unspecified atom stereocenters. The average Bonchev–Trinajstić information content (AvgIpc) is 2.77. The normalized spacial score (nSPS) is 20.1. The van der Waals surface area contributed by atoms with Crippen molar-refractivity contribution in [3.63, 3.8) is 0 Å². The van der Waals surface area contributed by atoms with Gasteiger partial charge in [-0.05, 0) is 90.3 Å². The van der Waals surface area contributed by atoms with Gasteiger partial charge in [0.25, 0.3) is 0 Å². The van der Waals surface area contributed by atoms with E-state index in [0.717, 1.165) is 58.3 Å². The Bertz CT molecular complexity index is 730. The summed E-state index contributed by atoms with van der Waals surface area (Å²) in [5.74, 6) is 1.38. The maximum absolute atomic E-state index is 13.1. The largest absolute Gasteiger partial charge is 0.444 e. The van der Waals surface area contributed by atoms with Gasteiger partial charge in [-0.3, -0.25) is 9.69 Å². The van der Waals surface area contributed by atoms with Crippen molar-refractivity contribution >= 4 is 12.0 Å². The highest BCUT2D eigenvalue weighted by Crippen LogP contribution is 2.24. The zero-order chi connectivity index (χ0) is 23.1. The molecule has 1 aromatic carbocycles. The molecule has 32 heavy (non-hydrogen) atoms. The second kappa shape index (κ2) is 11.2. The summed E-state index contributed by atoms with van der Waals surface area (Å²) in [4.78, 5) is 29.4. The molecular weight excluding hydrogens is 402 g/mol. The molecule has 0 radical (unpaired) electrons. The number of ether oxygens (including phenoxy) is 1. The predicted molar refractivity (Wildman–Crippen MR) is 127 cm³/mol. The lowest BCUT2D eigenvalue weighted by Crippen LogP contribution is -2.52. The van der Waals surface area contributed by atoms with Crippen LogP contribution >= 0.6 is 0 Å². The van der Waals surface area contributed by atoms with Crippen molar-refractivity contribution in [1.82, 2.24) is 15.1 Å². The van der Waals surface area contributed by atoms with Gasteiger partial charge in [0, 0.05) is 19.6 Å². The van der Waals surface area contributed by atoms with Gasteiger partial charge in [-0.1, -0.05) is 30.3 Å². The quantitative estimate of drug-likeness (QED) is 0.719. The number of hydrogen-bond acceptors (Lipinski definition) is 4. The van der Waals surface area contributed by atoms with Gasteiger partial charge >= 0.3 is 6.09 Å². The summed E-state index contributed by atoms with van der Waals surface area (Å²) in [5, 5.41) is 2.89. The molecule has 0 aliphatic carbocycles. The minimum Gasteiger partial charge on any atom is -0.444 e. The number of amides is 2. The van der Waals surface area contributed by atoms with E-state index in [1.54, 1.807) is 0 Å². The molecule has 6 nitrogen and oxygen atoms in total. The van der Waals surface area contributed by atoms with Gasteiger partial charge in [0.1, 0.15) is 5.60 Å². The third kappa shape index (κ3) is 7.51. The Kier molecular flexibility index (Phi) is 8.57. The number of rotatable bonds is 6. The predicted octanol–water partition coefficient (Wildman–Crippen LogP) is 4.09. The first-order valence-electron chi connectivity index (χ1n) is 12.2. The molecule has 1 atom stereocenters. The van der Waals surface area contributed by atoms with Crippen molar-refractivity contribution in [2.75, 3.05) is 32.7 Å². The number of likely N-dealkylation sites (tertiary alicyclic amines) is 2. The highest BCUT2D eigenvalue weighted by molar-refractivity contribution is 5.81. The zero-order valence-corrected chi connectivity index (χ0v) is 20.3. The van der Waals surface area contributed by atoms with E-state index < -0.39 is 5.60 Å². The number of carbonyl (C=O) groups is 2. The van der Waals surface area contributed by atoms with E-state index in [9.17, 15) is 9.59 Å². The van der Waals surface area contributed by atoms with Crippen LogP contribution in [0.15, 0.2) is 30.3 Å². The van der Waals surface area contributed by atoms with E-state index in [1.807, 2.05) is 20.8 Å². The van der Waals surface area contributed by atoms with Crippen LogP contribution in [0, 0.1) is 11.8 Å². The Balaban J connectivity index is 1.36. The van der Waals surface area contributed by atoms with Crippen LogP contribution in [0.1, 0.15) is 58.9 Å². The van der Waals surface area contributed by atoms with Crippen molar-refractivity contribution in [2.24, 2.45) is 11.8 Å². The second-order valence-electron chi connectivity index (χ2n) is 10.5. The number of benzene rings is 1. The average molecular weight is 444 g/mol. The molecule has 2 fully saturated rings. The molecule has 1 aromatic rings. The van der Waals surface area contributed by atoms with Gasteiger partial charge < -0.3 is 15.0 Å². The highest BCUT2D eigenvalue weighted by atomic mass is 16.6. The van der Waals surface area contributed by atoms with Gasteiger partial charge in [0.2, 0.25) is 5.91 Å². The van der Waals surface area contributed by atoms with Crippen molar-refractivity contribution < 1.29 is 14.3 Å². The van der Waals surface area contributed by atoms with Crippen LogP contribution in [0.4, 0.5) is 4.79 Å². The van der Waals surface area contributed by atoms with E-state index in [2.05, 4.69) is 52.4 Å². The van der Waals surface area contributed by atoms with E-state index in [-0.39, 0.29) is 18.0 Å². The molecule has 2 aliphatic rings. The molecule has 0 saturated carbocycles. The van der Waals surface area contributed by atoms with Crippen molar-refractivity contribution in [2.45, 2.75) is 71.4 Å². The third-order valence-electron chi connectivity index (χ3n) is 6.78. The van der Waals surface area contributed by atoms with Crippen LogP contribution in [0.3, 0.4) is 0 Å². The van der Waals surface area contributed by atoms with Gasteiger partial charge in [-0.2, -0.15) is 0 Å². The van der Waals surface area contributed by atoms with E-state index in [0.29, 0.717) is 18.4 Å². The first-order chi connectivity index (χ1) is 15.2. The van der Waals surface area contributed by atoms with Crippen LogP contribution < -0.4 is 5.32 Å². The number of nitrogens with one attached hydrogen (secondary N) is 1. The maximum atomic E-state index is 13.1. The molecule has 178 valence electrons. The fourth-order valence-corrected chi connectivity index (χ4v) is 4.81. The van der Waals surface area contributed by atoms with Crippen LogP contribution in [-0.2, 0) is 16.0 Å². The molecule has 2 aliphatic heterocycles. The lowest BCUT2D eigenvalue weighted by molar-refractivity contribution is -0.138. The van der Waals surface area contributed by atoms with Gasteiger partial charge in [0.15, 0.2) is 0 Å². The van der Waals surface area contributed by atoms with Gasteiger partial charge in [-0.25, -0.2) is 4.79 Å². The molecule has 0 spiro atoms. The Morgan fingerprint density at radius 2 is 1.59 bits per heavy atom. The van der Waals surface area contributed by atoms with Crippen molar-refractivity contribution in [3.05, 3.63) is 35.9 Å². The third-order valence-corrected chi connectivity index (χ3v) is 6.78. The molecule has 0 aromatic heterocycles. The SMILES string of the molecule is CC(C(=O)N1CCC(Cc2ccccc2)CC1)N1CCC(CNC(=O)OC(C)(C)C)CC1. The lowest BCUT2D eigenvalue weighted by Gasteiger charge is -2.39. The van der Waals surface area contributed by atoms with E-state index in [1.165, 1.54) is 5.56 Å². The molecule has 0 bridgehead atoms. The van der Waals surface area contributed by atoms with E-state index in [4.69, 9.17) is 4.74 Å². The number of alkyl carbamates (subject to hydrolysis) is 1. The number of nitrogens with zero attached hydrogens (tertiary/aromatic N) is 2. The molecule has 3 rings (SSSR count). The minimum atomic E-state index is -0.473. The summed E-state index contributed by atoms with van der Waals surface area (Å²) in [6, 6.07) is 10.6. The summed E-state index contributed by atoms with van der Waals surface area (Å²) >= 11 is 0. The monoisotopic (exact) mass is 443 g/mol. The first kappa shape index (κ1) is 24.6. The molecule has 2 saturated heterocycles. The Labute approximate surface area is 193 Å².